The molecule has 0 saturated carbocycles. The maximum atomic E-state index is 13.8. The van der Waals surface area contributed by atoms with Gasteiger partial charge in [-0.05, 0) is 30.2 Å². The molecule has 3 rings (SSSR count). The lowest BCUT2D eigenvalue weighted by atomic mass is 10.0. The SMILES string of the molecule is Fc1cccc2c1SCCC2Nc1ccnc(Cl)c1. The summed E-state index contributed by atoms with van der Waals surface area (Å²) < 4.78 is 13.8. The molecule has 1 aromatic heterocycles. The number of rotatable bonds is 2. The fourth-order valence-electron chi connectivity index (χ4n) is 2.23. The second kappa shape index (κ2) is 5.39. The van der Waals surface area contributed by atoms with Gasteiger partial charge in [0.25, 0.3) is 0 Å². The van der Waals surface area contributed by atoms with E-state index in [0.717, 1.165) is 28.3 Å². The van der Waals surface area contributed by atoms with E-state index in [1.54, 1.807) is 30.1 Å². The fraction of sp³-hybridized carbons (Fsp3) is 0.214. The first kappa shape index (κ1) is 12.8. The van der Waals surface area contributed by atoms with Crippen LogP contribution in [0.15, 0.2) is 41.4 Å². The Balaban J connectivity index is 1.90. The first-order chi connectivity index (χ1) is 9.24. The van der Waals surface area contributed by atoms with Crippen LogP contribution in [0.25, 0.3) is 0 Å². The van der Waals surface area contributed by atoms with E-state index in [4.69, 9.17) is 11.6 Å². The lowest BCUT2D eigenvalue weighted by Crippen LogP contribution is -2.16. The van der Waals surface area contributed by atoms with Crippen molar-refractivity contribution in [3.05, 3.63) is 53.1 Å². The summed E-state index contributed by atoms with van der Waals surface area (Å²) in [5, 5.41) is 3.85. The van der Waals surface area contributed by atoms with Crippen molar-refractivity contribution in [2.45, 2.75) is 17.4 Å². The van der Waals surface area contributed by atoms with Gasteiger partial charge in [-0.1, -0.05) is 23.7 Å². The van der Waals surface area contributed by atoms with Crippen molar-refractivity contribution in [1.29, 1.82) is 0 Å². The Morgan fingerprint density at radius 1 is 1.37 bits per heavy atom. The van der Waals surface area contributed by atoms with E-state index in [1.807, 2.05) is 12.1 Å². The highest BCUT2D eigenvalue weighted by Gasteiger charge is 2.22. The second-order valence-electron chi connectivity index (χ2n) is 4.36. The molecule has 1 N–H and O–H groups in total. The van der Waals surface area contributed by atoms with E-state index < -0.39 is 0 Å². The molecule has 0 amide bonds. The van der Waals surface area contributed by atoms with Crippen LogP contribution in [0.1, 0.15) is 18.0 Å². The molecule has 1 unspecified atom stereocenters. The molecule has 0 saturated heterocycles. The van der Waals surface area contributed by atoms with Crippen LogP contribution in [-0.4, -0.2) is 10.7 Å². The molecule has 2 nitrogen and oxygen atoms in total. The lowest BCUT2D eigenvalue weighted by Gasteiger charge is -2.27. The number of thioether (sulfide) groups is 1. The smallest absolute Gasteiger partial charge is 0.137 e. The summed E-state index contributed by atoms with van der Waals surface area (Å²) in [6.07, 6.45) is 2.62. The quantitative estimate of drug-likeness (QED) is 0.824. The van der Waals surface area contributed by atoms with Crippen LogP contribution in [0.2, 0.25) is 5.15 Å². The average Bonchev–Trinajstić information content (AvgIpc) is 2.40. The molecule has 0 bridgehead atoms. The van der Waals surface area contributed by atoms with Crippen molar-refractivity contribution in [3.8, 4) is 0 Å². The van der Waals surface area contributed by atoms with E-state index >= 15 is 0 Å². The standard InChI is InChI=1S/C14H12ClFN2S/c15-13-8-9(4-6-17-13)18-12-5-7-19-14-10(12)2-1-3-11(14)16/h1-4,6,8,12H,5,7H2,(H,17,18). The van der Waals surface area contributed by atoms with Gasteiger partial charge in [0.15, 0.2) is 0 Å². The number of halogens is 2. The van der Waals surface area contributed by atoms with Crippen molar-refractivity contribution in [2.24, 2.45) is 0 Å². The maximum Gasteiger partial charge on any atom is 0.137 e. The van der Waals surface area contributed by atoms with Gasteiger partial charge in [0.2, 0.25) is 0 Å². The van der Waals surface area contributed by atoms with Gasteiger partial charge in [-0.3, -0.25) is 0 Å². The summed E-state index contributed by atoms with van der Waals surface area (Å²) >= 11 is 7.45. The normalized spacial score (nSPS) is 17.9. The Labute approximate surface area is 120 Å². The number of aromatic nitrogens is 1. The molecule has 5 heteroatoms. The third kappa shape index (κ3) is 2.69. The number of nitrogens with one attached hydrogen (secondary N) is 1. The molecule has 0 aliphatic carbocycles. The highest BCUT2D eigenvalue weighted by atomic mass is 35.5. The van der Waals surface area contributed by atoms with Crippen LogP contribution >= 0.6 is 23.4 Å². The number of hydrogen-bond acceptors (Lipinski definition) is 3. The summed E-state index contributed by atoms with van der Waals surface area (Å²) in [4.78, 5) is 4.71. The van der Waals surface area contributed by atoms with Gasteiger partial charge < -0.3 is 5.32 Å². The molecule has 1 atom stereocenters. The Morgan fingerprint density at radius 2 is 2.26 bits per heavy atom. The van der Waals surface area contributed by atoms with Gasteiger partial charge in [-0.2, -0.15) is 0 Å². The number of pyridine rings is 1. The molecule has 0 radical (unpaired) electrons. The summed E-state index contributed by atoms with van der Waals surface area (Å²) in [5.74, 6) is 0.770. The zero-order valence-corrected chi connectivity index (χ0v) is 11.6. The number of fused-ring (bicyclic) bond motifs is 1. The summed E-state index contributed by atoms with van der Waals surface area (Å²) in [6, 6.07) is 9.01. The van der Waals surface area contributed by atoms with Crippen LogP contribution in [0.3, 0.4) is 0 Å². The van der Waals surface area contributed by atoms with Crippen LogP contribution < -0.4 is 5.32 Å². The van der Waals surface area contributed by atoms with E-state index in [9.17, 15) is 4.39 Å². The minimum atomic E-state index is -0.137. The average molecular weight is 295 g/mol. The van der Waals surface area contributed by atoms with E-state index in [2.05, 4.69) is 10.3 Å². The lowest BCUT2D eigenvalue weighted by molar-refractivity contribution is 0.585. The molecule has 2 heterocycles. The first-order valence-corrected chi connectivity index (χ1v) is 7.40. The summed E-state index contributed by atoms with van der Waals surface area (Å²) in [7, 11) is 0. The van der Waals surface area contributed by atoms with Crippen molar-refractivity contribution < 1.29 is 4.39 Å². The first-order valence-electron chi connectivity index (χ1n) is 6.03. The minimum Gasteiger partial charge on any atom is -0.378 e. The third-order valence-electron chi connectivity index (χ3n) is 3.09. The van der Waals surface area contributed by atoms with Gasteiger partial charge in [0.1, 0.15) is 11.0 Å². The molecular formula is C14H12ClFN2S. The highest BCUT2D eigenvalue weighted by Crippen LogP contribution is 2.39. The van der Waals surface area contributed by atoms with Crippen molar-refractivity contribution >= 4 is 29.1 Å². The number of benzene rings is 1. The number of nitrogens with zero attached hydrogens (tertiary/aromatic N) is 1. The molecule has 1 aromatic carbocycles. The molecule has 19 heavy (non-hydrogen) atoms. The van der Waals surface area contributed by atoms with E-state index in [0.29, 0.717) is 5.15 Å². The molecule has 2 aromatic rings. The van der Waals surface area contributed by atoms with Gasteiger partial charge in [-0.15, -0.1) is 11.8 Å². The Bertz CT molecular complexity index is 606. The van der Waals surface area contributed by atoms with Crippen molar-refractivity contribution in [1.82, 2.24) is 4.98 Å². The zero-order chi connectivity index (χ0) is 13.2. The van der Waals surface area contributed by atoms with Crippen molar-refractivity contribution in [2.75, 3.05) is 11.1 Å². The maximum absolute atomic E-state index is 13.8. The molecular weight excluding hydrogens is 283 g/mol. The van der Waals surface area contributed by atoms with Crippen LogP contribution in [-0.2, 0) is 0 Å². The molecule has 0 spiro atoms. The predicted octanol–water partition coefficient (Wildman–Crippen LogP) is 4.52. The Kier molecular flexibility index (Phi) is 3.62. The predicted molar refractivity (Wildman–Crippen MR) is 77.4 cm³/mol. The van der Waals surface area contributed by atoms with E-state index in [1.165, 1.54) is 6.07 Å². The fourth-order valence-corrected chi connectivity index (χ4v) is 3.54. The van der Waals surface area contributed by atoms with Crippen LogP contribution in [0.5, 0.6) is 0 Å². The summed E-state index contributed by atoms with van der Waals surface area (Å²) in [5.41, 5.74) is 1.93. The molecule has 0 fully saturated rings. The van der Waals surface area contributed by atoms with Crippen LogP contribution in [0, 0.1) is 5.82 Å². The van der Waals surface area contributed by atoms with Crippen LogP contribution in [0.4, 0.5) is 10.1 Å². The molecule has 98 valence electrons. The largest absolute Gasteiger partial charge is 0.378 e. The monoisotopic (exact) mass is 294 g/mol. The van der Waals surface area contributed by atoms with E-state index in [-0.39, 0.29) is 11.9 Å². The van der Waals surface area contributed by atoms with Gasteiger partial charge in [0, 0.05) is 22.5 Å². The Hall–Kier alpha value is -1.26. The minimum absolute atomic E-state index is 0.116. The molecule has 1 aliphatic heterocycles. The molecule has 1 aliphatic rings. The number of hydrogen-bond donors (Lipinski definition) is 1. The highest BCUT2D eigenvalue weighted by molar-refractivity contribution is 7.99. The van der Waals surface area contributed by atoms with Gasteiger partial charge >= 0.3 is 0 Å². The van der Waals surface area contributed by atoms with Crippen molar-refractivity contribution in [3.63, 3.8) is 0 Å². The third-order valence-corrected chi connectivity index (χ3v) is 4.46. The zero-order valence-electron chi connectivity index (χ0n) is 10.1. The topological polar surface area (TPSA) is 24.9 Å². The Morgan fingerprint density at radius 3 is 3.11 bits per heavy atom. The van der Waals surface area contributed by atoms with Gasteiger partial charge in [-0.25, -0.2) is 9.37 Å². The second-order valence-corrected chi connectivity index (χ2v) is 5.85. The van der Waals surface area contributed by atoms with Gasteiger partial charge in [0.05, 0.1) is 6.04 Å². The number of anilines is 1. The summed E-state index contributed by atoms with van der Waals surface area (Å²) in [6.45, 7) is 0.